The van der Waals surface area contributed by atoms with Crippen molar-refractivity contribution in [2.24, 2.45) is 0 Å². The molecule has 184 valence electrons. The molecule has 1 saturated heterocycles. The van der Waals surface area contributed by atoms with Crippen LogP contribution in [0.5, 0.6) is 11.5 Å². The third kappa shape index (κ3) is 4.55. The molecule has 3 N–H and O–H groups in total. The second-order valence-corrected chi connectivity index (χ2v) is 8.77. The lowest BCUT2D eigenvalue weighted by molar-refractivity contribution is -0.134. The smallest absolute Gasteiger partial charge is 0.355 e. The summed E-state index contributed by atoms with van der Waals surface area (Å²) in [5, 5.41) is 15.6. The molecule has 0 saturated carbocycles. The number of nitrogens with one attached hydrogen (secondary N) is 2. The summed E-state index contributed by atoms with van der Waals surface area (Å²) in [4.78, 5) is 59.6. The Morgan fingerprint density at radius 1 is 1.22 bits per heavy atom. The molecule has 2 aliphatic rings. The first-order valence-corrected chi connectivity index (χ1v) is 11.7. The van der Waals surface area contributed by atoms with Gasteiger partial charge in [-0.25, -0.2) is 19.5 Å². The molecule has 13 heteroatoms. The van der Waals surface area contributed by atoms with E-state index < -0.39 is 35.9 Å². The molecule has 36 heavy (non-hydrogen) atoms. The van der Waals surface area contributed by atoms with Crippen molar-refractivity contribution in [3.8, 4) is 11.5 Å². The van der Waals surface area contributed by atoms with Gasteiger partial charge in [0.15, 0.2) is 22.3 Å². The molecule has 0 spiro atoms. The minimum Gasteiger partial charge on any atom is -0.486 e. The number of pyridine rings is 1. The Kier molecular flexibility index (Phi) is 6.21. The number of thiazole rings is 1. The number of nitrogens with zero attached hydrogens (tertiary/aromatic N) is 3. The van der Waals surface area contributed by atoms with Gasteiger partial charge in [-0.3, -0.25) is 14.6 Å². The van der Waals surface area contributed by atoms with E-state index in [2.05, 4.69) is 20.6 Å². The van der Waals surface area contributed by atoms with Gasteiger partial charge in [0.05, 0.1) is 0 Å². The number of amides is 4. The van der Waals surface area contributed by atoms with Crippen molar-refractivity contribution in [3.05, 3.63) is 64.9 Å². The van der Waals surface area contributed by atoms with Gasteiger partial charge in [-0.05, 0) is 29.3 Å². The van der Waals surface area contributed by atoms with Crippen LogP contribution in [0.4, 0.5) is 9.93 Å². The molecular weight excluding hydrogens is 490 g/mol. The van der Waals surface area contributed by atoms with E-state index >= 15 is 0 Å². The normalized spacial score (nSPS) is 17.4. The first-order valence-electron chi connectivity index (χ1n) is 10.8. The lowest BCUT2D eigenvalue weighted by Crippen LogP contribution is -2.49. The number of carbonyl (C=O) groups is 4. The van der Waals surface area contributed by atoms with E-state index in [1.54, 1.807) is 36.5 Å². The largest absolute Gasteiger partial charge is 0.486 e. The number of aromatic nitrogens is 2. The molecule has 2 aliphatic heterocycles. The molecule has 0 aliphatic carbocycles. The van der Waals surface area contributed by atoms with E-state index in [1.807, 2.05) is 0 Å². The number of carbonyl (C=O) groups excluding carboxylic acids is 3. The molecule has 3 aromatic rings. The van der Waals surface area contributed by atoms with E-state index in [0.29, 0.717) is 35.8 Å². The van der Waals surface area contributed by atoms with Crippen LogP contribution in [0.15, 0.2) is 48.1 Å². The highest BCUT2D eigenvalue weighted by Crippen LogP contribution is 2.35. The Morgan fingerprint density at radius 2 is 2.03 bits per heavy atom. The van der Waals surface area contributed by atoms with Crippen LogP contribution in [0.2, 0.25) is 0 Å². The quantitative estimate of drug-likeness (QED) is 0.404. The first kappa shape index (κ1) is 23.2. The van der Waals surface area contributed by atoms with Crippen LogP contribution in [0.1, 0.15) is 27.7 Å². The number of benzene rings is 1. The van der Waals surface area contributed by atoms with Gasteiger partial charge in [0.2, 0.25) is 5.91 Å². The molecule has 1 unspecified atom stereocenters. The number of anilines is 1. The van der Waals surface area contributed by atoms with Crippen LogP contribution in [-0.4, -0.2) is 63.0 Å². The fourth-order valence-corrected chi connectivity index (χ4v) is 4.60. The maximum absolute atomic E-state index is 13.5. The monoisotopic (exact) mass is 509 g/mol. The van der Waals surface area contributed by atoms with Crippen LogP contribution in [0.25, 0.3) is 0 Å². The zero-order valence-corrected chi connectivity index (χ0v) is 19.4. The van der Waals surface area contributed by atoms with Gasteiger partial charge in [0.25, 0.3) is 5.91 Å². The van der Waals surface area contributed by atoms with E-state index in [-0.39, 0.29) is 17.2 Å². The molecule has 0 bridgehead atoms. The van der Waals surface area contributed by atoms with Crippen molar-refractivity contribution in [1.29, 1.82) is 0 Å². The van der Waals surface area contributed by atoms with E-state index in [0.717, 1.165) is 16.2 Å². The Bertz CT molecular complexity index is 1350. The number of fused-ring (bicyclic) bond motifs is 1. The molecular formula is C23H19N5O7S. The Labute approximate surface area is 207 Å². The maximum atomic E-state index is 13.5. The van der Waals surface area contributed by atoms with Crippen molar-refractivity contribution >= 4 is 40.3 Å². The van der Waals surface area contributed by atoms with Crippen LogP contribution < -0.4 is 20.1 Å². The van der Waals surface area contributed by atoms with E-state index in [4.69, 9.17) is 14.6 Å². The predicted molar refractivity (Wildman–Crippen MR) is 125 cm³/mol. The standard InChI is InChI=1S/C23H19N5O7S/c29-19(27-22-25-14(11-36-22)21(31)32)15(8-12-2-1-5-24-10-12)28-20(30)18(26-23(28)33)13-3-4-16-17(9-13)35-7-6-34-16/h1-5,9-11,15,18H,6-8H2,(H,26,33)(H,31,32)(H,25,27,29)/t15-,18?/m0/s1. The summed E-state index contributed by atoms with van der Waals surface area (Å²) in [6.45, 7) is 0.776. The number of imide groups is 1. The van der Waals surface area contributed by atoms with Gasteiger partial charge in [-0.1, -0.05) is 12.1 Å². The summed E-state index contributed by atoms with van der Waals surface area (Å²) < 4.78 is 11.1. The number of carboxylic acid groups (broad SMARTS) is 1. The summed E-state index contributed by atoms with van der Waals surface area (Å²) in [6, 6.07) is 5.31. The fraction of sp³-hybridized carbons (Fsp3) is 0.217. The van der Waals surface area contributed by atoms with E-state index in [1.165, 1.54) is 11.6 Å². The fourth-order valence-electron chi connectivity index (χ4n) is 3.92. The number of aromatic carboxylic acids is 1. The number of hydrogen-bond acceptors (Lipinski definition) is 9. The van der Waals surface area contributed by atoms with Crippen LogP contribution in [-0.2, 0) is 16.0 Å². The van der Waals surface area contributed by atoms with E-state index in [9.17, 15) is 19.2 Å². The van der Waals surface area contributed by atoms with Gasteiger partial charge >= 0.3 is 12.0 Å². The third-order valence-corrected chi connectivity index (χ3v) is 6.35. The molecule has 2 atom stereocenters. The van der Waals surface area contributed by atoms with Crippen molar-refractivity contribution in [2.45, 2.75) is 18.5 Å². The SMILES string of the molecule is O=C(O)c1csc(NC(=O)[C@H](Cc2cccnc2)N2C(=O)NC(c3ccc4c(c3)OCCO4)C2=O)n1. The average molecular weight is 510 g/mol. The average Bonchev–Trinajstić information content (AvgIpc) is 3.47. The molecule has 1 aromatic carbocycles. The molecule has 4 amide bonds. The van der Waals surface area contributed by atoms with Gasteiger partial charge in [0.1, 0.15) is 25.3 Å². The topological polar surface area (TPSA) is 160 Å². The lowest BCUT2D eigenvalue weighted by Gasteiger charge is -2.24. The number of urea groups is 1. The minimum absolute atomic E-state index is 0.0101. The van der Waals surface area contributed by atoms with Gasteiger partial charge < -0.3 is 25.2 Å². The lowest BCUT2D eigenvalue weighted by atomic mass is 10.0. The molecule has 5 rings (SSSR count). The first-order chi connectivity index (χ1) is 17.4. The highest BCUT2D eigenvalue weighted by molar-refractivity contribution is 7.14. The molecule has 2 aromatic heterocycles. The second kappa shape index (κ2) is 9.62. The highest BCUT2D eigenvalue weighted by atomic mass is 32.1. The predicted octanol–water partition coefficient (Wildman–Crippen LogP) is 1.85. The second-order valence-electron chi connectivity index (χ2n) is 7.91. The number of hydrogen-bond donors (Lipinski definition) is 3. The van der Waals surface area contributed by atoms with Crippen molar-refractivity contribution in [1.82, 2.24) is 20.2 Å². The zero-order chi connectivity index (χ0) is 25.2. The molecule has 0 radical (unpaired) electrons. The van der Waals surface area contributed by atoms with Gasteiger partial charge in [-0.2, -0.15) is 0 Å². The van der Waals surface area contributed by atoms with Crippen molar-refractivity contribution in [2.75, 3.05) is 18.5 Å². The highest BCUT2D eigenvalue weighted by Gasteiger charge is 2.45. The molecule has 12 nitrogen and oxygen atoms in total. The Morgan fingerprint density at radius 3 is 2.75 bits per heavy atom. The Hall–Kier alpha value is -4.52. The maximum Gasteiger partial charge on any atom is 0.355 e. The summed E-state index contributed by atoms with van der Waals surface area (Å²) >= 11 is 0.919. The van der Waals surface area contributed by atoms with Gasteiger partial charge in [0, 0.05) is 24.2 Å². The van der Waals surface area contributed by atoms with Crippen LogP contribution >= 0.6 is 11.3 Å². The van der Waals surface area contributed by atoms with Crippen molar-refractivity contribution in [3.63, 3.8) is 0 Å². The van der Waals surface area contributed by atoms with Crippen LogP contribution in [0.3, 0.4) is 0 Å². The summed E-state index contributed by atoms with van der Waals surface area (Å²) in [6.07, 6.45) is 3.08. The third-order valence-electron chi connectivity index (χ3n) is 5.59. The number of rotatable bonds is 7. The summed E-state index contributed by atoms with van der Waals surface area (Å²) in [7, 11) is 0. The van der Waals surface area contributed by atoms with Crippen molar-refractivity contribution < 1.29 is 33.8 Å². The molecule has 1 fully saturated rings. The Balaban J connectivity index is 1.42. The summed E-state index contributed by atoms with van der Waals surface area (Å²) in [5.74, 6) is -1.56. The minimum atomic E-state index is -1.25. The van der Waals surface area contributed by atoms with Crippen LogP contribution in [0, 0.1) is 0 Å². The number of carboxylic acids is 1. The molecule has 4 heterocycles. The number of ether oxygens (including phenoxy) is 2. The zero-order valence-electron chi connectivity index (χ0n) is 18.5. The summed E-state index contributed by atoms with van der Waals surface area (Å²) in [5.41, 5.74) is 0.867. The van der Waals surface area contributed by atoms with Gasteiger partial charge in [-0.15, -0.1) is 11.3 Å².